The maximum Gasteiger partial charge on any atom is 0.0995 e. The number of aryl methyl sites for hydroxylation is 1. The lowest BCUT2D eigenvalue weighted by molar-refractivity contribution is 0.658. The lowest BCUT2D eigenvalue weighted by atomic mass is 9.79. The summed E-state index contributed by atoms with van der Waals surface area (Å²) in [5.74, 6) is 0. The quantitative estimate of drug-likeness (QED) is 0.272. The molecule has 1 aliphatic rings. The highest BCUT2D eigenvalue weighted by molar-refractivity contribution is 5.92. The lowest BCUT2D eigenvalue weighted by Gasteiger charge is -2.23. The van der Waals surface area contributed by atoms with Crippen LogP contribution in [0.15, 0.2) is 97.1 Å². The maximum absolute atomic E-state index is 9.69. The van der Waals surface area contributed by atoms with Crippen LogP contribution in [-0.2, 0) is 5.41 Å². The van der Waals surface area contributed by atoms with Crippen LogP contribution in [0.4, 0.5) is 0 Å². The van der Waals surface area contributed by atoms with E-state index in [1.165, 1.54) is 55.3 Å². The van der Waals surface area contributed by atoms with Crippen LogP contribution in [0.5, 0.6) is 0 Å². The molecule has 0 bridgehead atoms. The standard InChI is InChI=1S/C33H25N/c1-21-27-9-5-4-7-23(27)15-17-28(21)24-13-11-22(12-14-24)25-16-18-29-30-10-6-8-26(20-34)32(30)33(2,3)31(29)19-25/h4-19H,1-3H3. The summed E-state index contributed by atoms with van der Waals surface area (Å²) in [6, 6.07) is 37.1. The Morgan fingerprint density at radius 1 is 0.647 bits per heavy atom. The van der Waals surface area contributed by atoms with Crippen molar-refractivity contribution in [1.29, 1.82) is 5.26 Å². The normalized spacial score (nSPS) is 13.4. The van der Waals surface area contributed by atoms with E-state index in [2.05, 4.69) is 112 Å². The minimum atomic E-state index is -0.199. The highest BCUT2D eigenvalue weighted by Gasteiger charge is 2.37. The van der Waals surface area contributed by atoms with Crippen LogP contribution in [0, 0.1) is 18.3 Å². The molecule has 0 fully saturated rings. The zero-order chi connectivity index (χ0) is 23.4. The largest absolute Gasteiger partial charge is 0.192 e. The maximum atomic E-state index is 9.69. The fourth-order valence-electron chi connectivity index (χ4n) is 5.74. The summed E-state index contributed by atoms with van der Waals surface area (Å²) in [4.78, 5) is 0. The molecule has 0 heterocycles. The molecular weight excluding hydrogens is 410 g/mol. The van der Waals surface area contributed by atoms with Crippen LogP contribution in [0.2, 0.25) is 0 Å². The Labute approximate surface area is 200 Å². The van der Waals surface area contributed by atoms with Gasteiger partial charge in [-0.3, -0.25) is 0 Å². The van der Waals surface area contributed by atoms with Crippen LogP contribution < -0.4 is 0 Å². The molecule has 0 saturated heterocycles. The zero-order valence-electron chi connectivity index (χ0n) is 19.7. The van der Waals surface area contributed by atoms with Crippen molar-refractivity contribution >= 4 is 10.8 Å². The minimum absolute atomic E-state index is 0.199. The van der Waals surface area contributed by atoms with Gasteiger partial charge in [-0.2, -0.15) is 5.26 Å². The third kappa shape index (κ3) is 2.93. The predicted molar refractivity (Wildman–Crippen MR) is 142 cm³/mol. The van der Waals surface area contributed by atoms with E-state index in [4.69, 9.17) is 0 Å². The Kier molecular flexibility index (Phi) is 4.48. The number of benzene rings is 5. The van der Waals surface area contributed by atoms with Gasteiger partial charge in [0.2, 0.25) is 0 Å². The second-order valence-electron chi connectivity index (χ2n) is 9.76. The van der Waals surface area contributed by atoms with Gasteiger partial charge in [-0.05, 0) is 79.9 Å². The second kappa shape index (κ2) is 7.44. The van der Waals surface area contributed by atoms with Gasteiger partial charge in [0.15, 0.2) is 0 Å². The molecule has 5 aromatic carbocycles. The smallest absolute Gasteiger partial charge is 0.0995 e. The van der Waals surface area contributed by atoms with Crippen LogP contribution in [-0.4, -0.2) is 0 Å². The molecule has 6 rings (SSSR count). The SMILES string of the molecule is Cc1c(-c2ccc(-c3ccc4c(c3)C(C)(C)c3c(C#N)cccc3-4)cc2)ccc2ccccc12. The van der Waals surface area contributed by atoms with Crippen molar-refractivity contribution in [2.45, 2.75) is 26.2 Å². The van der Waals surface area contributed by atoms with Gasteiger partial charge in [0, 0.05) is 5.41 Å². The van der Waals surface area contributed by atoms with Crippen molar-refractivity contribution < 1.29 is 0 Å². The Morgan fingerprint density at radius 3 is 2.15 bits per heavy atom. The van der Waals surface area contributed by atoms with E-state index in [1.54, 1.807) is 0 Å². The van der Waals surface area contributed by atoms with Gasteiger partial charge in [0.05, 0.1) is 11.6 Å². The average molecular weight is 436 g/mol. The molecule has 0 aromatic heterocycles. The first-order valence-corrected chi connectivity index (χ1v) is 11.8. The van der Waals surface area contributed by atoms with Crippen LogP contribution in [0.25, 0.3) is 44.2 Å². The topological polar surface area (TPSA) is 23.8 Å². The molecule has 0 atom stereocenters. The Balaban J connectivity index is 1.40. The third-order valence-electron chi connectivity index (χ3n) is 7.52. The molecule has 1 nitrogen and oxygen atoms in total. The van der Waals surface area contributed by atoms with Gasteiger partial charge in [0.25, 0.3) is 0 Å². The highest BCUT2D eigenvalue weighted by atomic mass is 14.4. The molecule has 1 heteroatoms. The van der Waals surface area contributed by atoms with Crippen molar-refractivity contribution in [2.24, 2.45) is 0 Å². The molecule has 0 amide bonds. The Hall–Kier alpha value is -4.15. The van der Waals surface area contributed by atoms with Crippen LogP contribution in [0.1, 0.15) is 36.1 Å². The number of nitrogens with zero attached hydrogens (tertiary/aromatic N) is 1. The fraction of sp³-hybridized carbons (Fsp3) is 0.121. The molecule has 0 N–H and O–H groups in total. The van der Waals surface area contributed by atoms with E-state index in [1.807, 2.05) is 12.1 Å². The summed E-state index contributed by atoms with van der Waals surface area (Å²) in [6.07, 6.45) is 0. The molecule has 34 heavy (non-hydrogen) atoms. The van der Waals surface area contributed by atoms with E-state index < -0.39 is 0 Å². The summed E-state index contributed by atoms with van der Waals surface area (Å²) < 4.78 is 0. The molecule has 0 saturated carbocycles. The van der Waals surface area contributed by atoms with Crippen LogP contribution >= 0.6 is 0 Å². The van der Waals surface area contributed by atoms with Gasteiger partial charge in [-0.25, -0.2) is 0 Å². The molecule has 1 aliphatic carbocycles. The third-order valence-corrected chi connectivity index (χ3v) is 7.52. The summed E-state index contributed by atoms with van der Waals surface area (Å²) in [5.41, 5.74) is 11.7. The number of fused-ring (bicyclic) bond motifs is 4. The number of hydrogen-bond donors (Lipinski definition) is 0. The first-order chi connectivity index (χ1) is 16.5. The van der Waals surface area contributed by atoms with Crippen molar-refractivity contribution in [3.63, 3.8) is 0 Å². The van der Waals surface area contributed by atoms with Crippen molar-refractivity contribution in [2.75, 3.05) is 0 Å². The van der Waals surface area contributed by atoms with Gasteiger partial charge >= 0.3 is 0 Å². The molecule has 162 valence electrons. The number of nitriles is 1. The van der Waals surface area contributed by atoms with E-state index in [0.717, 1.165) is 11.1 Å². The molecule has 0 aliphatic heterocycles. The molecule has 0 unspecified atom stereocenters. The Morgan fingerprint density at radius 2 is 1.35 bits per heavy atom. The molecule has 0 spiro atoms. The summed E-state index contributed by atoms with van der Waals surface area (Å²) in [5, 5.41) is 12.3. The first kappa shape index (κ1) is 20.5. The predicted octanol–water partition coefficient (Wildman–Crippen LogP) is 8.66. The van der Waals surface area contributed by atoms with E-state index in [9.17, 15) is 5.26 Å². The van der Waals surface area contributed by atoms with Crippen molar-refractivity contribution in [3.05, 3.63) is 119 Å². The van der Waals surface area contributed by atoms with E-state index in [-0.39, 0.29) is 5.41 Å². The van der Waals surface area contributed by atoms with Gasteiger partial charge in [-0.15, -0.1) is 0 Å². The summed E-state index contributed by atoms with van der Waals surface area (Å²) in [6.45, 7) is 6.67. The second-order valence-corrected chi connectivity index (χ2v) is 9.76. The molecule has 0 radical (unpaired) electrons. The number of hydrogen-bond acceptors (Lipinski definition) is 1. The first-order valence-electron chi connectivity index (χ1n) is 11.8. The zero-order valence-corrected chi connectivity index (χ0v) is 19.7. The van der Waals surface area contributed by atoms with Gasteiger partial charge < -0.3 is 0 Å². The lowest BCUT2D eigenvalue weighted by Crippen LogP contribution is -2.16. The van der Waals surface area contributed by atoms with Crippen molar-refractivity contribution in [3.8, 4) is 39.4 Å². The van der Waals surface area contributed by atoms with Gasteiger partial charge in [-0.1, -0.05) is 98.8 Å². The highest BCUT2D eigenvalue weighted by Crippen LogP contribution is 2.50. The molecular formula is C33H25N. The fourth-order valence-corrected chi connectivity index (χ4v) is 5.74. The molecule has 5 aromatic rings. The summed E-state index contributed by atoms with van der Waals surface area (Å²) >= 11 is 0. The average Bonchev–Trinajstić information content (AvgIpc) is 3.11. The van der Waals surface area contributed by atoms with Crippen molar-refractivity contribution in [1.82, 2.24) is 0 Å². The Bertz CT molecular complexity index is 1630. The van der Waals surface area contributed by atoms with E-state index >= 15 is 0 Å². The monoisotopic (exact) mass is 435 g/mol. The van der Waals surface area contributed by atoms with Crippen LogP contribution in [0.3, 0.4) is 0 Å². The van der Waals surface area contributed by atoms with Gasteiger partial charge in [0.1, 0.15) is 0 Å². The summed E-state index contributed by atoms with van der Waals surface area (Å²) in [7, 11) is 0. The number of rotatable bonds is 2. The minimum Gasteiger partial charge on any atom is -0.192 e. The van der Waals surface area contributed by atoms with E-state index in [0.29, 0.717) is 0 Å².